The Kier molecular flexibility index (Phi) is 3.70. The second kappa shape index (κ2) is 5.79. The number of likely N-dealkylation sites (N-methyl/N-ethyl adjacent to an activating group) is 1. The van der Waals surface area contributed by atoms with Crippen LogP contribution in [-0.2, 0) is 13.0 Å². The van der Waals surface area contributed by atoms with Gasteiger partial charge in [0.2, 0.25) is 5.88 Å². The number of hydrogen-bond acceptors (Lipinski definition) is 6. The molecular weight excluding hydrogens is 338 g/mol. The van der Waals surface area contributed by atoms with Crippen LogP contribution in [0.3, 0.4) is 0 Å². The summed E-state index contributed by atoms with van der Waals surface area (Å²) in [6.45, 7) is 3.21. The SMILES string of the molecule is CC(=O)c1ccc(-c2cc3c(N=O)c(O)[nH]c3c3c2CCN(C)C3)s1. The fraction of sp³-hybridized carbons (Fsp3) is 0.278. The van der Waals surface area contributed by atoms with Crippen LogP contribution in [-0.4, -0.2) is 34.4 Å². The van der Waals surface area contributed by atoms with Gasteiger partial charge in [0.1, 0.15) is 0 Å². The highest BCUT2D eigenvalue weighted by Gasteiger charge is 2.25. The van der Waals surface area contributed by atoms with E-state index in [-0.39, 0.29) is 17.4 Å². The molecule has 25 heavy (non-hydrogen) atoms. The third kappa shape index (κ3) is 2.47. The van der Waals surface area contributed by atoms with Crippen LogP contribution in [0, 0.1) is 4.91 Å². The molecule has 1 aromatic carbocycles. The zero-order chi connectivity index (χ0) is 17.7. The normalized spacial score (nSPS) is 14.6. The number of aromatic amines is 1. The Labute approximate surface area is 148 Å². The quantitative estimate of drug-likeness (QED) is 0.545. The number of aromatic hydroxyl groups is 1. The van der Waals surface area contributed by atoms with E-state index in [0.717, 1.165) is 41.0 Å². The van der Waals surface area contributed by atoms with Crippen molar-refractivity contribution < 1.29 is 9.90 Å². The molecule has 0 saturated heterocycles. The first kappa shape index (κ1) is 16.0. The minimum Gasteiger partial charge on any atom is -0.493 e. The lowest BCUT2D eigenvalue weighted by Crippen LogP contribution is -2.27. The number of Topliss-reactive ketones (excluding diaryl/α,β-unsaturated/α-hetero) is 1. The summed E-state index contributed by atoms with van der Waals surface area (Å²) in [5.74, 6) is -0.159. The fourth-order valence-electron chi connectivity index (χ4n) is 3.51. The molecule has 0 spiro atoms. The lowest BCUT2D eigenvalue weighted by atomic mass is 9.91. The van der Waals surface area contributed by atoms with E-state index in [0.29, 0.717) is 10.3 Å². The van der Waals surface area contributed by atoms with Crippen molar-refractivity contribution in [2.24, 2.45) is 5.18 Å². The molecule has 7 heteroatoms. The van der Waals surface area contributed by atoms with E-state index in [4.69, 9.17) is 0 Å². The van der Waals surface area contributed by atoms with Crippen molar-refractivity contribution in [3.8, 4) is 16.3 Å². The topological polar surface area (TPSA) is 85.8 Å². The average Bonchev–Trinajstić information content (AvgIpc) is 3.18. The molecule has 3 aromatic rings. The van der Waals surface area contributed by atoms with Crippen LogP contribution in [0.25, 0.3) is 21.3 Å². The minimum absolute atomic E-state index is 0.0376. The van der Waals surface area contributed by atoms with Crippen molar-refractivity contribution in [3.63, 3.8) is 0 Å². The van der Waals surface area contributed by atoms with Crippen molar-refractivity contribution in [2.45, 2.75) is 19.9 Å². The molecule has 3 heterocycles. The van der Waals surface area contributed by atoms with E-state index in [9.17, 15) is 14.8 Å². The predicted molar refractivity (Wildman–Crippen MR) is 98.8 cm³/mol. The molecule has 0 bridgehead atoms. The molecule has 0 atom stereocenters. The van der Waals surface area contributed by atoms with Crippen LogP contribution in [0.4, 0.5) is 5.69 Å². The summed E-state index contributed by atoms with van der Waals surface area (Å²) in [7, 11) is 2.04. The zero-order valence-corrected chi connectivity index (χ0v) is 14.7. The van der Waals surface area contributed by atoms with Gasteiger partial charge < -0.3 is 15.0 Å². The van der Waals surface area contributed by atoms with Crippen molar-refractivity contribution in [1.82, 2.24) is 9.88 Å². The second-order valence-electron chi connectivity index (χ2n) is 6.43. The summed E-state index contributed by atoms with van der Waals surface area (Å²) in [5, 5.41) is 13.7. The summed E-state index contributed by atoms with van der Waals surface area (Å²) in [6.07, 6.45) is 0.869. The van der Waals surface area contributed by atoms with Gasteiger partial charge in [-0.1, -0.05) is 0 Å². The number of nitrogens with zero attached hydrogens (tertiary/aromatic N) is 2. The molecule has 1 aliphatic heterocycles. The average molecular weight is 355 g/mol. The summed E-state index contributed by atoms with van der Waals surface area (Å²) < 4.78 is 0. The van der Waals surface area contributed by atoms with Gasteiger partial charge in [-0.2, -0.15) is 0 Å². The number of benzene rings is 1. The van der Waals surface area contributed by atoms with E-state index in [1.807, 2.05) is 25.2 Å². The Bertz CT molecular complexity index is 1020. The highest BCUT2D eigenvalue weighted by atomic mass is 32.1. The van der Waals surface area contributed by atoms with Crippen LogP contribution in [0.5, 0.6) is 5.88 Å². The lowest BCUT2D eigenvalue weighted by molar-refractivity contribution is 0.102. The number of thiophene rings is 1. The van der Waals surface area contributed by atoms with Gasteiger partial charge in [0.25, 0.3) is 0 Å². The summed E-state index contributed by atoms with van der Waals surface area (Å²) in [6, 6.07) is 5.69. The van der Waals surface area contributed by atoms with Crippen LogP contribution >= 0.6 is 11.3 Å². The van der Waals surface area contributed by atoms with Gasteiger partial charge in [-0.05, 0) is 60.5 Å². The largest absolute Gasteiger partial charge is 0.493 e. The molecule has 0 fully saturated rings. The molecule has 0 aliphatic carbocycles. The third-order valence-corrected chi connectivity index (χ3v) is 5.97. The van der Waals surface area contributed by atoms with E-state index >= 15 is 0 Å². The maximum Gasteiger partial charge on any atom is 0.219 e. The second-order valence-corrected chi connectivity index (χ2v) is 7.51. The number of H-pyrrole nitrogens is 1. The monoisotopic (exact) mass is 355 g/mol. The number of rotatable bonds is 3. The Balaban J connectivity index is 2.03. The molecule has 0 radical (unpaired) electrons. The van der Waals surface area contributed by atoms with Crippen molar-refractivity contribution in [1.29, 1.82) is 0 Å². The Hall–Kier alpha value is -2.51. The highest BCUT2D eigenvalue weighted by molar-refractivity contribution is 7.17. The van der Waals surface area contributed by atoms with Gasteiger partial charge in [0.05, 0.1) is 10.4 Å². The third-order valence-electron chi connectivity index (χ3n) is 4.75. The number of carbonyl (C=O) groups is 1. The Morgan fingerprint density at radius 2 is 2.16 bits per heavy atom. The molecule has 1 aliphatic rings. The number of aromatic nitrogens is 1. The Morgan fingerprint density at radius 3 is 2.84 bits per heavy atom. The highest BCUT2D eigenvalue weighted by Crippen LogP contribution is 2.44. The summed E-state index contributed by atoms with van der Waals surface area (Å²) in [5.41, 5.74) is 4.08. The lowest BCUT2D eigenvalue weighted by Gasteiger charge is -2.27. The first-order valence-corrected chi connectivity index (χ1v) is 8.83. The molecular formula is C18H17N3O3S. The fourth-order valence-corrected chi connectivity index (χ4v) is 4.46. The van der Waals surface area contributed by atoms with Crippen LogP contribution in [0.1, 0.15) is 27.7 Å². The minimum atomic E-state index is -0.201. The molecule has 4 rings (SSSR count). The van der Waals surface area contributed by atoms with Gasteiger partial charge in [0, 0.05) is 23.4 Å². The van der Waals surface area contributed by atoms with Gasteiger partial charge >= 0.3 is 0 Å². The number of nitrogens with one attached hydrogen (secondary N) is 1. The van der Waals surface area contributed by atoms with Gasteiger partial charge in [-0.15, -0.1) is 16.2 Å². The maximum atomic E-state index is 11.6. The van der Waals surface area contributed by atoms with Gasteiger partial charge in [-0.3, -0.25) is 4.79 Å². The van der Waals surface area contributed by atoms with E-state index in [1.165, 1.54) is 16.9 Å². The number of nitroso groups, excluding NO2 is 1. The van der Waals surface area contributed by atoms with Gasteiger partial charge in [0.15, 0.2) is 11.5 Å². The number of fused-ring (bicyclic) bond motifs is 3. The van der Waals surface area contributed by atoms with E-state index in [2.05, 4.69) is 15.1 Å². The van der Waals surface area contributed by atoms with Crippen molar-refractivity contribution >= 4 is 33.7 Å². The molecule has 6 nitrogen and oxygen atoms in total. The number of hydrogen-bond donors (Lipinski definition) is 2. The maximum absolute atomic E-state index is 11.6. The zero-order valence-electron chi connectivity index (χ0n) is 13.9. The molecule has 128 valence electrons. The van der Waals surface area contributed by atoms with E-state index in [1.54, 1.807) is 6.92 Å². The van der Waals surface area contributed by atoms with Crippen molar-refractivity contribution in [3.05, 3.63) is 39.1 Å². The van der Waals surface area contributed by atoms with Crippen molar-refractivity contribution in [2.75, 3.05) is 13.6 Å². The smallest absolute Gasteiger partial charge is 0.219 e. The van der Waals surface area contributed by atoms with Crippen LogP contribution in [0.15, 0.2) is 23.4 Å². The summed E-state index contributed by atoms with van der Waals surface area (Å²) in [4.78, 5) is 29.7. The number of ketones is 1. The number of carbonyl (C=O) groups excluding carboxylic acids is 1. The van der Waals surface area contributed by atoms with E-state index < -0.39 is 0 Å². The molecule has 2 N–H and O–H groups in total. The summed E-state index contributed by atoms with van der Waals surface area (Å²) >= 11 is 1.45. The first-order chi connectivity index (χ1) is 12.0. The first-order valence-electron chi connectivity index (χ1n) is 8.02. The predicted octanol–water partition coefficient (Wildman–Crippen LogP) is 4.19. The standard InChI is InChI=1S/C18H17N3O3S/c1-9(22)14-3-4-15(25-14)11-7-12-16(19-18(23)17(12)20-24)13-8-21(2)6-5-10(11)13/h3-4,7,19,23H,5-6,8H2,1-2H3. The van der Waals surface area contributed by atoms with Crippen LogP contribution < -0.4 is 0 Å². The molecule has 0 saturated carbocycles. The molecule has 2 aromatic heterocycles. The molecule has 0 unspecified atom stereocenters. The van der Waals surface area contributed by atoms with Crippen LogP contribution in [0.2, 0.25) is 0 Å². The molecule has 0 amide bonds. The Morgan fingerprint density at radius 1 is 1.36 bits per heavy atom. The van der Waals surface area contributed by atoms with Gasteiger partial charge in [-0.25, -0.2) is 0 Å².